The van der Waals surface area contributed by atoms with Crippen LogP contribution in [0.15, 0.2) is 0 Å². The number of esters is 1. The summed E-state index contributed by atoms with van der Waals surface area (Å²) in [5.74, 6) is 0.366. The minimum atomic E-state index is -0.515. The Hall–Kier alpha value is -0.690. The van der Waals surface area contributed by atoms with E-state index >= 15 is 0 Å². The van der Waals surface area contributed by atoms with E-state index < -0.39 is 11.0 Å². The molecule has 0 radical (unpaired) electrons. The highest BCUT2D eigenvalue weighted by Crippen LogP contribution is 2.63. The Morgan fingerprint density at radius 1 is 0.867 bits per heavy atom. The molecule has 4 bridgehead atoms. The molecule has 6 heteroatoms. The van der Waals surface area contributed by atoms with E-state index in [4.69, 9.17) is 23.7 Å². The molecule has 4 aliphatic rings. The lowest BCUT2D eigenvalue weighted by atomic mass is 9.50. The molecule has 6 nitrogen and oxygen atoms in total. The average Bonchev–Trinajstić information content (AvgIpc) is 2.67. The summed E-state index contributed by atoms with van der Waals surface area (Å²) >= 11 is 0. The molecule has 3 unspecified atom stereocenters. The predicted octanol–water partition coefficient (Wildman–Crippen LogP) is 4.98. The van der Waals surface area contributed by atoms with Crippen molar-refractivity contribution in [3.63, 3.8) is 0 Å². The molecule has 0 N–H and O–H groups in total. The van der Waals surface area contributed by atoms with Gasteiger partial charge in [0.2, 0.25) is 0 Å². The van der Waals surface area contributed by atoms with Crippen LogP contribution in [0.4, 0.5) is 0 Å². The second-order valence-corrected chi connectivity index (χ2v) is 10.1. The van der Waals surface area contributed by atoms with Gasteiger partial charge in [-0.1, -0.05) is 20.3 Å². The smallest absolute Gasteiger partial charge is 0.312 e. The lowest BCUT2D eigenvalue weighted by Gasteiger charge is -2.64. The van der Waals surface area contributed by atoms with Crippen molar-refractivity contribution in [2.75, 3.05) is 26.8 Å². The third-order valence-corrected chi connectivity index (χ3v) is 7.60. The van der Waals surface area contributed by atoms with Crippen LogP contribution in [0.1, 0.15) is 92.4 Å². The summed E-state index contributed by atoms with van der Waals surface area (Å²) in [4.78, 5) is 13.3. The molecule has 30 heavy (non-hydrogen) atoms. The van der Waals surface area contributed by atoms with Crippen molar-refractivity contribution in [2.45, 2.75) is 109 Å². The lowest BCUT2D eigenvalue weighted by Crippen LogP contribution is -2.68. The Balaban J connectivity index is 1.83. The topological polar surface area (TPSA) is 63.2 Å². The van der Waals surface area contributed by atoms with Gasteiger partial charge in [0, 0.05) is 32.5 Å². The van der Waals surface area contributed by atoms with Gasteiger partial charge in [0.25, 0.3) is 0 Å². The van der Waals surface area contributed by atoms with Crippen LogP contribution in [0.3, 0.4) is 0 Å². The zero-order valence-corrected chi connectivity index (χ0v) is 19.7. The molecule has 174 valence electrons. The van der Waals surface area contributed by atoms with Crippen molar-refractivity contribution in [1.82, 2.24) is 0 Å². The van der Waals surface area contributed by atoms with Gasteiger partial charge in [-0.3, -0.25) is 4.79 Å². The largest absolute Gasteiger partial charge is 0.458 e. The molecule has 0 aromatic heterocycles. The Morgan fingerprint density at radius 2 is 1.37 bits per heavy atom. The van der Waals surface area contributed by atoms with Crippen molar-refractivity contribution in [1.29, 1.82) is 0 Å². The Labute approximate surface area is 182 Å². The first-order valence-electron chi connectivity index (χ1n) is 11.9. The SMILES string of the molecule is CCCC(C)(CC)C(=O)OC12CC3CC(OCOCC)(CC(OCOCC)(C3)C1)C2. The Kier molecular flexibility index (Phi) is 7.54. The quantitative estimate of drug-likeness (QED) is 0.235. The standard InChI is InChI=1S/C24H42O6/c1-6-10-21(5,7-2)20(25)30-24-13-19-11-22(15-24,28-17-26-8-3)14-23(12-19,16-24)29-18-27-9-4/h19H,6-18H2,1-5H3. The summed E-state index contributed by atoms with van der Waals surface area (Å²) in [5.41, 5.74) is -1.65. The maximum Gasteiger partial charge on any atom is 0.312 e. The Morgan fingerprint density at radius 3 is 1.83 bits per heavy atom. The van der Waals surface area contributed by atoms with Crippen molar-refractivity contribution in [3.05, 3.63) is 0 Å². The van der Waals surface area contributed by atoms with Crippen LogP contribution in [0.2, 0.25) is 0 Å². The molecule has 0 aromatic carbocycles. The fourth-order valence-electron chi connectivity index (χ4n) is 6.41. The van der Waals surface area contributed by atoms with E-state index in [1.165, 1.54) is 0 Å². The summed E-state index contributed by atoms with van der Waals surface area (Å²) in [5, 5.41) is 0. The van der Waals surface area contributed by atoms with Crippen LogP contribution >= 0.6 is 0 Å². The zero-order chi connectivity index (χ0) is 21.9. The third kappa shape index (κ3) is 4.87. The van der Waals surface area contributed by atoms with Crippen molar-refractivity contribution >= 4 is 5.97 Å². The predicted molar refractivity (Wildman–Crippen MR) is 114 cm³/mol. The van der Waals surface area contributed by atoms with Gasteiger partial charge in [-0.2, -0.15) is 0 Å². The monoisotopic (exact) mass is 426 g/mol. The zero-order valence-electron chi connectivity index (χ0n) is 19.7. The van der Waals surface area contributed by atoms with Gasteiger partial charge in [0.15, 0.2) is 0 Å². The maximum absolute atomic E-state index is 13.3. The minimum Gasteiger partial charge on any atom is -0.458 e. The molecular formula is C24H42O6. The second kappa shape index (κ2) is 9.43. The van der Waals surface area contributed by atoms with Gasteiger partial charge in [-0.15, -0.1) is 0 Å². The van der Waals surface area contributed by atoms with E-state index in [0.717, 1.165) is 57.8 Å². The van der Waals surface area contributed by atoms with Gasteiger partial charge in [0.05, 0.1) is 16.6 Å². The van der Waals surface area contributed by atoms with Crippen LogP contribution in [-0.4, -0.2) is 49.6 Å². The molecule has 3 atom stereocenters. The highest BCUT2D eigenvalue weighted by Gasteiger charge is 2.67. The number of hydrogen-bond donors (Lipinski definition) is 0. The number of carbonyl (C=O) groups excluding carboxylic acids is 1. The number of ether oxygens (including phenoxy) is 5. The summed E-state index contributed by atoms with van der Waals surface area (Å²) in [6.45, 7) is 12.0. The number of rotatable bonds is 13. The van der Waals surface area contributed by atoms with E-state index in [-0.39, 0.29) is 30.8 Å². The van der Waals surface area contributed by atoms with Crippen molar-refractivity contribution in [2.24, 2.45) is 11.3 Å². The third-order valence-electron chi connectivity index (χ3n) is 7.60. The van der Waals surface area contributed by atoms with Crippen LogP contribution < -0.4 is 0 Å². The van der Waals surface area contributed by atoms with Gasteiger partial charge in [0.1, 0.15) is 19.2 Å². The fourth-order valence-corrected chi connectivity index (χ4v) is 6.41. The molecule has 4 fully saturated rings. The molecular weight excluding hydrogens is 384 g/mol. The van der Waals surface area contributed by atoms with E-state index in [0.29, 0.717) is 19.1 Å². The van der Waals surface area contributed by atoms with E-state index in [1.807, 2.05) is 20.8 Å². The van der Waals surface area contributed by atoms with Crippen LogP contribution in [0.5, 0.6) is 0 Å². The summed E-state index contributed by atoms with van der Waals surface area (Å²) in [7, 11) is 0. The number of carbonyl (C=O) groups is 1. The first kappa shape index (κ1) is 24.0. The highest BCUT2D eigenvalue weighted by molar-refractivity contribution is 5.76. The minimum absolute atomic E-state index is 0.0614. The molecule has 0 spiro atoms. The normalized spacial score (nSPS) is 36.6. The van der Waals surface area contributed by atoms with Crippen LogP contribution in [0, 0.1) is 11.3 Å². The first-order valence-corrected chi connectivity index (χ1v) is 11.9. The fraction of sp³-hybridized carbons (Fsp3) is 0.958. The summed E-state index contributed by atoms with van der Waals surface area (Å²) in [6, 6.07) is 0. The molecule has 0 saturated heterocycles. The average molecular weight is 427 g/mol. The van der Waals surface area contributed by atoms with Gasteiger partial charge < -0.3 is 23.7 Å². The van der Waals surface area contributed by atoms with Gasteiger partial charge in [-0.25, -0.2) is 0 Å². The first-order chi connectivity index (χ1) is 14.3. The molecule has 4 rings (SSSR count). The molecule has 4 saturated carbocycles. The van der Waals surface area contributed by atoms with E-state index in [9.17, 15) is 4.79 Å². The van der Waals surface area contributed by atoms with Crippen LogP contribution in [0.25, 0.3) is 0 Å². The van der Waals surface area contributed by atoms with Crippen LogP contribution in [-0.2, 0) is 28.5 Å². The maximum atomic E-state index is 13.3. The van der Waals surface area contributed by atoms with Gasteiger partial charge in [-0.05, 0) is 58.8 Å². The summed E-state index contributed by atoms with van der Waals surface area (Å²) < 4.78 is 30.2. The second-order valence-electron chi connectivity index (χ2n) is 10.1. The molecule has 0 aromatic rings. The summed E-state index contributed by atoms with van der Waals surface area (Å²) in [6.07, 6.45) is 7.77. The highest BCUT2D eigenvalue weighted by atomic mass is 16.7. The van der Waals surface area contributed by atoms with Crippen molar-refractivity contribution in [3.8, 4) is 0 Å². The van der Waals surface area contributed by atoms with Crippen molar-refractivity contribution < 1.29 is 28.5 Å². The molecule has 4 aliphatic carbocycles. The molecule has 0 heterocycles. The van der Waals surface area contributed by atoms with E-state index in [2.05, 4.69) is 13.8 Å². The lowest BCUT2D eigenvalue weighted by molar-refractivity contribution is -0.309. The van der Waals surface area contributed by atoms with Gasteiger partial charge >= 0.3 is 5.97 Å². The Bertz CT molecular complexity index is 566. The molecule has 0 amide bonds. The number of hydrogen-bond acceptors (Lipinski definition) is 6. The molecule has 0 aliphatic heterocycles. The van der Waals surface area contributed by atoms with E-state index in [1.54, 1.807) is 0 Å².